The molecule has 0 radical (unpaired) electrons. The van der Waals surface area contributed by atoms with Crippen LogP contribution in [0.25, 0.3) is 0 Å². The summed E-state index contributed by atoms with van der Waals surface area (Å²) in [6, 6.07) is 12.7. The number of anilines is 1. The van der Waals surface area contributed by atoms with E-state index < -0.39 is 5.91 Å². The fraction of sp³-hybridized carbons (Fsp3) is 0.222. The predicted molar refractivity (Wildman–Crippen MR) is 93.0 cm³/mol. The van der Waals surface area contributed by atoms with E-state index in [-0.39, 0.29) is 12.5 Å². The van der Waals surface area contributed by atoms with Gasteiger partial charge >= 0.3 is 0 Å². The summed E-state index contributed by atoms with van der Waals surface area (Å²) in [4.78, 5) is 23.3. The summed E-state index contributed by atoms with van der Waals surface area (Å²) >= 11 is 0. The van der Waals surface area contributed by atoms with E-state index in [0.29, 0.717) is 17.8 Å². The lowest BCUT2D eigenvalue weighted by atomic mass is 10.1. The number of amides is 2. The van der Waals surface area contributed by atoms with Gasteiger partial charge in [0.15, 0.2) is 0 Å². The number of methoxy groups -OCH3 is 1. The molecule has 0 aromatic heterocycles. The van der Waals surface area contributed by atoms with Crippen LogP contribution in [0.15, 0.2) is 42.5 Å². The van der Waals surface area contributed by atoms with Gasteiger partial charge in [0.05, 0.1) is 13.7 Å². The van der Waals surface area contributed by atoms with Crippen LogP contribution in [0.2, 0.25) is 0 Å². The number of carbonyl (C=O) groups excluding carboxylic acids is 2. The zero-order valence-electron chi connectivity index (χ0n) is 13.8. The summed E-state index contributed by atoms with van der Waals surface area (Å²) in [6.07, 6.45) is 0. The van der Waals surface area contributed by atoms with E-state index in [1.807, 2.05) is 24.3 Å². The van der Waals surface area contributed by atoms with Gasteiger partial charge in [0, 0.05) is 17.8 Å². The Kier molecular flexibility index (Phi) is 5.78. The summed E-state index contributed by atoms with van der Waals surface area (Å²) in [7, 11) is 1.60. The average molecular weight is 327 g/mol. The van der Waals surface area contributed by atoms with Crippen LogP contribution in [0.3, 0.4) is 0 Å². The van der Waals surface area contributed by atoms with Crippen molar-refractivity contribution in [3.05, 3.63) is 59.2 Å². The highest BCUT2D eigenvalue weighted by Gasteiger charge is 2.09. The Labute approximate surface area is 141 Å². The van der Waals surface area contributed by atoms with Crippen molar-refractivity contribution in [1.29, 1.82) is 0 Å². The zero-order chi connectivity index (χ0) is 17.5. The van der Waals surface area contributed by atoms with Crippen molar-refractivity contribution in [2.24, 2.45) is 5.73 Å². The largest absolute Gasteiger partial charge is 0.497 e. The molecule has 0 bridgehead atoms. The van der Waals surface area contributed by atoms with Gasteiger partial charge in [-0.1, -0.05) is 18.2 Å². The number of ether oxygens (including phenoxy) is 1. The van der Waals surface area contributed by atoms with Gasteiger partial charge in [0.2, 0.25) is 11.8 Å². The highest BCUT2D eigenvalue weighted by Crippen LogP contribution is 2.18. The minimum Gasteiger partial charge on any atom is -0.497 e. The van der Waals surface area contributed by atoms with Crippen molar-refractivity contribution in [3.63, 3.8) is 0 Å². The van der Waals surface area contributed by atoms with Crippen molar-refractivity contribution in [2.75, 3.05) is 19.0 Å². The molecule has 2 aromatic carbocycles. The van der Waals surface area contributed by atoms with Gasteiger partial charge in [-0.2, -0.15) is 0 Å². The molecule has 0 unspecified atom stereocenters. The van der Waals surface area contributed by atoms with Crippen LogP contribution in [-0.2, 0) is 11.3 Å². The van der Waals surface area contributed by atoms with Crippen LogP contribution < -0.4 is 21.1 Å². The Hall–Kier alpha value is -3.02. The molecule has 0 aliphatic carbocycles. The van der Waals surface area contributed by atoms with E-state index in [4.69, 9.17) is 10.5 Å². The van der Waals surface area contributed by atoms with Crippen molar-refractivity contribution >= 4 is 17.5 Å². The quantitative estimate of drug-likeness (QED) is 0.723. The molecule has 6 heteroatoms. The summed E-state index contributed by atoms with van der Waals surface area (Å²) in [6.45, 7) is 2.31. The van der Waals surface area contributed by atoms with E-state index in [0.717, 1.165) is 16.9 Å². The van der Waals surface area contributed by atoms with Crippen LogP contribution in [0.1, 0.15) is 21.5 Å². The van der Waals surface area contributed by atoms with E-state index in [1.54, 1.807) is 32.2 Å². The van der Waals surface area contributed by atoms with E-state index in [1.165, 1.54) is 0 Å². The van der Waals surface area contributed by atoms with Gasteiger partial charge in [-0.3, -0.25) is 9.59 Å². The second kappa shape index (κ2) is 8.01. The fourth-order valence-electron chi connectivity index (χ4n) is 2.32. The first-order valence-electron chi connectivity index (χ1n) is 7.54. The van der Waals surface area contributed by atoms with Gasteiger partial charge in [-0.05, 0) is 42.3 Å². The third kappa shape index (κ3) is 4.49. The number of hydrogen-bond donors (Lipinski definition) is 3. The second-order valence-corrected chi connectivity index (χ2v) is 5.32. The molecule has 0 aliphatic rings. The summed E-state index contributed by atoms with van der Waals surface area (Å²) in [5.74, 6) is 0.110. The molecule has 0 spiro atoms. The minimum atomic E-state index is -0.487. The van der Waals surface area contributed by atoms with Crippen LogP contribution in [0.4, 0.5) is 5.69 Å². The molecule has 24 heavy (non-hydrogen) atoms. The number of carbonyl (C=O) groups is 2. The monoisotopic (exact) mass is 327 g/mol. The molecule has 0 saturated heterocycles. The third-order valence-electron chi connectivity index (χ3n) is 3.66. The Morgan fingerprint density at radius 2 is 1.92 bits per heavy atom. The number of hydrogen-bond acceptors (Lipinski definition) is 4. The zero-order valence-corrected chi connectivity index (χ0v) is 13.8. The molecule has 2 rings (SSSR count). The van der Waals surface area contributed by atoms with Crippen LogP contribution >= 0.6 is 0 Å². The number of primary amides is 1. The minimum absolute atomic E-state index is 0.104. The Bertz CT molecular complexity index is 744. The predicted octanol–water partition coefficient (Wildman–Crippen LogP) is 1.83. The molecule has 126 valence electrons. The van der Waals surface area contributed by atoms with Crippen molar-refractivity contribution in [1.82, 2.24) is 5.32 Å². The number of rotatable bonds is 7. The van der Waals surface area contributed by atoms with Gasteiger partial charge < -0.3 is 21.1 Å². The SMILES string of the molecule is COc1cccc(CNC(=O)CNc2cccc(C(N)=O)c2C)c1. The molecule has 0 saturated carbocycles. The molecule has 2 amide bonds. The fourth-order valence-corrected chi connectivity index (χ4v) is 2.32. The van der Waals surface area contributed by atoms with Crippen molar-refractivity contribution in [3.8, 4) is 5.75 Å². The first-order valence-corrected chi connectivity index (χ1v) is 7.54. The Balaban J connectivity index is 1.89. The number of benzene rings is 2. The average Bonchev–Trinajstić information content (AvgIpc) is 2.59. The maximum atomic E-state index is 12.0. The molecule has 0 atom stereocenters. The lowest BCUT2D eigenvalue weighted by molar-refractivity contribution is -0.119. The van der Waals surface area contributed by atoms with E-state index in [2.05, 4.69) is 10.6 Å². The lowest BCUT2D eigenvalue weighted by Crippen LogP contribution is -2.29. The van der Waals surface area contributed by atoms with Gasteiger partial charge in [-0.15, -0.1) is 0 Å². The van der Waals surface area contributed by atoms with E-state index >= 15 is 0 Å². The smallest absolute Gasteiger partial charge is 0.249 e. The molecule has 6 nitrogen and oxygen atoms in total. The molecule has 0 fully saturated rings. The van der Waals surface area contributed by atoms with Gasteiger partial charge in [-0.25, -0.2) is 0 Å². The third-order valence-corrected chi connectivity index (χ3v) is 3.66. The van der Waals surface area contributed by atoms with Gasteiger partial charge in [0.1, 0.15) is 5.75 Å². The maximum absolute atomic E-state index is 12.0. The molecular weight excluding hydrogens is 306 g/mol. The maximum Gasteiger partial charge on any atom is 0.249 e. The molecule has 2 aromatic rings. The topological polar surface area (TPSA) is 93.4 Å². The molecule has 0 aliphatic heterocycles. The van der Waals surface area contributed by atoms with Gasteiger partial charge in [0.25, 0.3) is 0 Å². The highest BCUT2D eigenvalue weighted by atomic mass is 16.5. The lowest BCUT2D eigenvalue weighted by Gasteiger charge is -2.12. The molecule has 4 N–H and O–H groups in total. The molecular formula is C18H21N3O3. The van der Waals surface area contributed by atoms with Crippen LogP contribution in [0.5, 0.6) is 5.75 Å². The number of nitrogens with one attached hydrogen (secondary N) is 2. The Morgan fingerprint density at radius 1 is 1.17 bits per heavy atom. The normalized spacial score (nSPS) is 10.1. The van der Waals surface area contributed by atoms with Crippen LogP contribution in [-0.4, -0.2) is 25.5 Å². The Morgan fingerprint density at radius 3 is 2.62 bits per heavy atom. The van der Waals surface area contributed by atoms with Crippen molar-refractivity contribution < 1.29 is 14.3 Å². The van der Waals surface area contributed by atoms with Crippen LogP contribution in [0, 0.1) is 6.92 Å². The summed E-state index contributed by atoms with van der Waals surface area (Å²) in [5.41, 5.74) is 8.15. The summed E-state index contributed by atoms with van der Waals surface area (Å²) in [5, 5.41) is 5.85. The molecule has 0 heterocycles. The highest BCUT2D eigenvalue weighted by molar-refractivity contribution is 5.96. The first-order chi connectivity index (χ1) is 11.5. The standard InChI is InChI=1S/C18H21N3O3/c1-12-15(18(19)23)7-4-8-16(12)20-11-17(22)21-10-13-5-3-6-14(9-13)24-2/h3-9,20H,10-11H2,1-2H3,(H2,19,23)(H,21,22). The van der Waals surface area contributed by atoms with E-state index in [9.17, 15) is 9.59 Å². The van der Waals surface area contributed by atoms with Crippen molar-refractivity contribution in [2.45, 2.75) is 13.5 Å². The first kappa shape index (κ1) is 17.3. The summed E-state index contributed by atoms with van der Waals surface area (Å²) < 4.78 is 5.15. The second-order valence-electron chi connectivity index (χ2n) is 5.32. The number of nitrogens with two attached hydrogens (primary N) is 1.